The molecule has 0 saturated carbocycles. The molecule has 16 heavy (non-hydrogen) atoms. The number of nitrogens with one attached hydrogen (secondary N) is 1. The second-order valence-corrected chi connectivity index (χ2v) is 5.02. The first kappa shape index (κ1) is 13.3. The van der Waals surface area contributed by atoms with E-state index in [2.05, 4.69) is 35.3 Å². The van der Waals surface area contributed by atoms with Crippen molar-refractivity contribution in [3.63, 3.8) is 0 Å². The maximum Gasteiger partial charge on any atom is 0.0829 e. The Morgan fingerprint density at radius 3 is 2.81 bits per heavy atom. The third-order valence-electron chi connectivity index (χ3n) is 2.65. The van der Waals surface area contributed by atoms with Crippen LogP contribution in [0.15, 0.2) is 12.7 Å². The van der Waals surface area contributed by atoms with Gasteiger partial charge in [-0.1, -0.05) is 24.4 Å². The molecule has 0 saturated heterocycles. The van der Waals surface area contributed by atoms with Crippen molar-refractivity contribution in [3.05, 3.63) is 23.2 Å². The summed E-state index contributed by atoms with van der Waals surface area (Å²) in [5, 5.41) is 7.58. The van der Waals surface area contributed by atoms with E-state index in [9.17, 15) is 0 Å². The Morgan fingerprint density at radius 1 is 1.50 bits per heavy atom. The zero-order chi connectivity index (χ0) is 12.0. The molecule has 0 amide bonds. The topological polar surface area (TPSA) is 37.8 Å². The molecule has 0 aromatic carbocycles. The van der Waals surface area contributed by atoms with E-state index < -0.39 is 0 Å². The summed E-state index contributed by atoms with van der Waals surface area (Å²) in [7, 11) is 2.00. The Morgan fingerprint density at radius 2 is 2.25 bits per heavy atom. The van der Waals surface area contributed by atoms with Crippen molar-refractivity contribution in [2.75, 3.05) is 7.05 Å². The summed E-state index contributed by atoms with van der Waals surface area (Å²) >= 11 is 1.52. The third kappa shape index (κ3) is 3.39. The van der Waals surface area contributed by atoms with E-state index in [-0.39, 0.29) is 0 Å². The van der Waals surface area contributed by atoms with Gasteiger partial charge in [0.05, 0.1) is 10.6 Å². The summed E-state index contributed by atoms with van der Waals surface area (Å²) < 4.78 is 4.07. The van der Waals surface area contributed by atoms with Gasteiger partial charge in [-0.25, -0.2) is 0 Å². The Balaban J connectivity index is 2.70. The smallest absolute Gasteiger partial charge is 0.0829 e. The lowest BCUT2D eigenvalue weighted by Crippen LogP contribution is -2.17. The molecule has 90 valence electrons. The summed E-state index contributed by atoms with van der Waals surface area (Å²) in [5.41, 5.74) is 1.14. The summed E-state index contributed by atoms with van der Waals surface area (Å²) in [6.07, 6.45) is 5.32. The van der Waals surface area contributed by atoms with Crippen LogP contribution >= 0.6 is 11.5 Å². The zero-order valence-corrected chi connectivity index (χ0v) is 11.2. The average Bonchev–Trinajstić information content (AvgIpc) is 2.73. The van der Waals surface area contributed by atoms with Crippen molar-refractivity contribution in [1.29, 1.82) is 0 Å². The summed E-state index contributed by atoms with van der Waals surface area (Å²) in [4.78, 5) is 1.29. The van der Waals surface area contributed by atoms with E-state index in [1.807, 2.05) is 13.1 Å². The summed E-state index contributed by atoms with van der Waals surface area (Å²) in [5.74, 6) is 0.448. The van der Waals surface area contributed by atoms with Crippen LogP contribution in [0.4, 0.5) is 0 Å². The lowest BCUT2D eigenvalue weighted by molar-refractivity contribution is 0.530. The van der Waals surface area contributed by atoms with Gasteiger partial charge in [-0.3, -0.25) is 0 Å². The first-order chi connectivity index (χ1) is 7.70. The van der Waals surface area contributed by atoms with Crippen molar-refractivity contribution in [2.24, 2.45) is 0 Å². The molecule has 0 aliphatic heterocycles. The molecule has 1 aromatic heterocycles. The van der Waals surface area contributed by atoms with E-state index in [1.54, 1.807) is 0 Å². The molecule has 1 unspecified atom stereocenters. The quantitative estimate of drug-likeness (QED) is 0.586. The molecule has 1 N–H and O–H groups in total. The van der Waals surface area contributed by atoms with Crippen LogP contribution in [0.5, 0.6) is 0 Å². The number of nitrogens with zero attached hydrogens (tertiary/aromatic N) is 2. The molecular formula is C12H21N3S. The van der Waals surface area contributed by atoms with Gasteiger partial charge in [0.15, 0.2) is 0 Å². The van der Waals surface area contributed by atoms with Crippen molar-refractivity contribution < 1.29 is 0 Å². The van der Waals surface area contributed by atoms with Crippen LogP contribution in [-0.2, 0) is 0 Å². The van der Waals surface area contributed by atoms with E-state index in [1.165, 1.54) is 16.4 Å². The van der Waals surface area contributed by atoms with Gasteiger partial charge in [-0.05, 0) is 43.8 Å². The van der Waals surface area contributed by atoms with Gasteiger partial charge in [0.2, 0.25) is 0 Å². The molecule has 0 aliphatic rings. The van der Waals surface area contributed by atoms with Gasteiger partial charge in [0.25, 0.3) is 0 Å². The molecule has 0 radical (unpaired) electrons. The summed E-state index contributed by atoms with van der Waals surface area (Å²) in [6.45, 7) is 8.08. The molecule has 1 aromatic rings. The van der Waals surface area contributed by atoms with Crippen LogP contribution in [0.25, 0.3) is 0 Å². The van der Waals surface area contributed by atoms with Gasteiger partial charge in [-0.2, -0.15) is 0 Å². The second kappa shape index (κ2) is 6.76. The number of hydrogen-bond acceptors (Lipinski definition) is 4. The second-order valence-electron chi connectivity index (χ2n) is 4.24. The number of allylic oxidation sites excluding steroid dienone is 1. The predicted octanol–water partition coefficient (Wildman–Crippen LogP) is 3.28. The van der Waals surface area contributed by atoms with Crippen LogP contribution < -0.4 is 5.32 Å². The van der Waals surface area contributed by atoms with E-state index in [4.69, 9.17) is 0 Å². The monoisotopic (exact) mass is 239 g/mol. The molecule has 1 atom stereocenters. The fraction of sp³-hybridized carbons (Fsp3) is 0.667. The van der Waals surface area contributed by atoms with E-state index in [0.29, 0.717) is 12.0 Å². The normalized spacial score (nSPS) is 13.0. The molecule has 1 heterocycles. The minimum atomic E-state index is 0.386. The van der Waals surface area contributed by atoms with Crippen molar-refractivity contribution in [1.82, 2.24) is 14.9 Å². The van der Waals surface area contributed by atoms with E-state index >= 15 is 0 Å². The third-order valence-corrected chi connectivity index (χ3v) is 3.51. The number of unbranched alkanes of at least 4 members (excludes halogenated alkanes) is 1. The Bertz CT molecular complexity index is 320. The van der Waals surface area contributed by atoms with Gasteiger partial charge in [0, 0.05) is 6.04 Å². The fourth-order valence-corrected chi connectivity index (χ4v) is 2.67. The molecule has 0 aliphatic carbocycles. The minimum Gasteiger partial charge on any atom is -0.312 e. The lowest BCUT2D eigenvalue weighted by Gasteiger charge is -2.15. The molecule has 0 spiro atoms. The number of hydrogen-bond donors (Lipinski definition) is 1. The predicted molar refractivity (Wildman–Crippen MR) is 69.8 cm³/mol. The average molecular weight is 239 g/mol. The molecule has 3 nitrogen and oxygen atoms in total. The first-order valence-corrected chi connectivity index (χ1v) is 6.58. The highest BCUT2D eigenvalue weighted by Gasteiger charge is 2.19. The zero-order valence-electron chi connectivity index (χ0n) is 10.4. The SMILES string of the molecule is C=CCCCC(NC)c1snnc1C(C)C. The lowest BCUT2D eigenvalue weighted by atomic mass is 10.0. The highest BCUT2D eigenvalue weighted by molar-refractivity contribution is 7.05. The Kier molecular flexibility index (Phi) is 5.63. The van der Waals surface area contributed by atoms with Crippen LogP contribution in [0, 0.1) is 0 Å². The van der Waals surface area contributed by atoms with Gasteiger partial charge < -0.3 is 5.32 Å². The Hall–Kier alpha value is -0.740. The largest absolute Gasteiger partial charge is 0.312 e. The molecule has 0 bridgehead atoms. The van der Waals surface area contributed by atoms with E-state index in [0.717, 1.165) is 25.0 Å². The minimum absolute atomic E-state index is 0.386. The van der Waals surface area contributed by atoms with Crippen molar-refractivity contribution >= 4 is 11.5 Å². The fourth-order valence-electron chi connectivity index (χ4n) is 1.72. The van der Waals surface area contributed by atoms with Gasteiger partial charge in [-0.15, -0.1) is 11.7 Å². The van der Waals surface area contributed by atoms with Crippen LogP contribution in [-0.4, -0.2) is 16.6 Å². The number of aromatic nitrogens is 2. The highest BCUT2D eigenvalue weighted by Crippen LogP contribution is 2.28. The Labute approximate surface area is 102 Å². The number of rotatable bonds is 7. The van der Waals surface area contributed by atoms with Crippen molar-refractivity contribution in [3.8, 4) is 0 Å². The van der Waals surface area contributed by atoms with Gasteiger partial charge >= 0.3 is 0 Å². The standard InChI is InChI=1S/C12H21N3S/c1-5-6-7-8-10(13-4)12-11(9(2)3)14-15-16-12/h5,9-10,13H,1,6-8H2,2-4H3. The van der Waals surface area contributed by atoms with Crippen LogP contribution in [0.2, 0.25) is 0 Å². The highest BCUT2D eigenvalue weighted by atomic mass is 32.1. The maximum absolute atomic E-state index is 4.22. The van der Waals surface area contributed by atoms with Crippen molar-refractivity contribution in [2.45, 2.75) is 45.1 Å². The first-order valence-electron chi connectivity index (χ1n) is 5.81. The van der Waals surface area contributed by atoms with Gasteiger partial charge in [0.1, 0.15) is 0 Å². The maximum atomic E-state index is 4.22. The molecule has 4 heteroatoms. The summed E-state index contributed by atoms with van der Waals surface area (Å²) in [6, 6.07) is 0.386. The van der Waals surface area contributed by atoms with Crippen LogP contribution in [0.3, 0.4) is 0 Å². The molecule has 1 rings (SSSR count). The van der Waals surface area contributed by atoms with Crippen LogP contribution in [0.1, 0.15) is 55.6 Å². The molecular weight excluding hydrogens is 218 g/mol. The molecule has 0 fully saturated rings.